The van der Waals surface area contributed by atoms with E-state index in [9.17, 15) is 19.8 Å². The number of aliphatic hydroxyl groups excluding tert-OH is 2. The number of carbonyl (C=O) groups is 2. The maximum Gasteiger partial charge on any atom is 0.333 e. The lowest BCUT2D eigenvalue weighted by molar-refractivity contribution is -0.139. The second-order valence-electron chi connectivity index (χ2n) is 16.9. The third kappa shape index (κ3) is 13.5. The van der Waals surface area contributed by atoms with E-state index < -0.39 is 29.0 Å². The number of ether oxygens (including phenoxy) is 3. The highest BCUT2D eigenvalue weighted by Gasteiger charge is 2.27. The molecular formula is C49H66F2O7. The van der Waals surface area contributed by atoms with Crippen LogP contribution in [0.3, 0.4) is 0 Å². The monoisotopic (exact) mass is 804 g/mol. The van der Waals surface area contributed by atoms with Crippen LogP contribution in [0.1, 0.15) is 127 Å². The van der Waals surface area contributed by atoms with Gasteiger partial charge in [-0.05, 0) is 142 Å². The van der Waals surface area contributed by atoms with Gasteiger partial charge in [0.2, 0.25) is 0 Å². The summed E-state index contributed by atoms with van der Waals surface area (Å²) in [5.41, 5.74) is 3.20. The van der Waals surface area contributed by atoms with Gasteiger partial charge in [-0.25, -0.2) is 18.4 Å². The molecule has 58 heavy (non-hydrogen) atoms. The molecular weight excluding hydrogens is 739 g/mol. The number of hydrogen-bond donors (Lipinski definition) is 2. The number of aryl methyl sites for hydroxylation is 2. The van der Waals surface area contributed by atoms with Crippen molar-refractivity contribution < 1.29 is 42.8 Å². The number of benzene rings is 2. The van der Waals surface area contributed by atoms with Crippen molar-refractivity contribution in [1.29, 1.82) is 0 Å². The first-order valence-electron chi connectivity index (χ1n) is 21.3. The Balaban J connectivity index is 1.60. The molecule has 4 rings (SSSR count). The van der Waals surface area contributed by atoms with Gasteiger partial charge in [0.05, 0.1) is 38.6 Å². The smallest absolute Gasteiger partial charge is 0.333 e. The Morgan fingerprint density at radius 3 is 1.88 bits per heavy atom. The fourth-order valence-electron chi connectivity index (χ4n) is 7.90. The van der Waals surface area contributed by atoms with E-state index in [1.807, 2.05) is 0 Å². The van der Waals surface area contributed by atoms with Crippen molar-refractivity contribution in [2.45, 2.75) is 124 Å². The van der Waals surface area contributed by atoms with Crippen LogP contribution in [0.2, 0.25) is 0 Å². The highest BCUT2D eigenvalue weighted by molar-refractivity contribution is 5.87. The number of allylic oxidation sites excluding steroid dienone is 4. The summed E-state index contributed by atoms with van der Waals surface area (Å²) in [5, 5.41) is 19.8. The lowest BCUT2D eigenvalue weighted by Crippen LogP contribution is -2.28. The second kappa shape index (κ2) is 22.9. The molecule has 0 heterocycles. The van der Waals surface area contributed by atoms with Gasteiger partial charge in [0, 0.05) is 22.5 Å². The van der Waals surface area contributed by atoms with E-state index in [1.165, 1.54) is 69.1 Å². The molecule has 0 bridgehead atoms. The van der Waals surface area contributed by atoms with Gasteiger partial charge < -0.3 is 24.4 Å². The number of esters is 2. The summed E-state index contributed by atoms with van der Waals surface area (Å²) in [4.78, 5) is 24.2. The van der Waals surface area contributed by atoms with Crippen molar-refractivity contribution in [1.82, 2.24) is 0 Å². The summed E-state index contributed by atoms with van der Waals surface area (Å²) in [6, 6.07) is 6.31. The van der Waals surface area contributed by atoms with Crippen molar-refractivity contribution in [2.75, 3.05) is 33.0 Å². The van der Waals surface area contributed by atoms with Crippen LogP contribution in [0.15, 0.2) is 72.4 Å². The summed E-state index contributed by atoms with van der Waals surface area (Å²) in [5.74, 6) is -0.607. The Bertz CT molecular complexity index is 1700. The van der Waals surface area contributed by atoms with Gasteiger partial charge in [0.25, 0.3) is 0 Å². The first kappa shape index (κ1) is 46.6. The minimum atomic E-state index is -0.778. The van der Waals surface area contributed by atoms with Crippen LogP contribution in [-0.2, 0) is 31.9 Å². The average molecular weight is 805 g/mol. The summed E-state index contributed by atoms with van der Waals surface area (Å²) >= 11 is 0. The Hall–Kier alpha value is -4.08. The molecule has 1 atom stereocenters. The van der Waals surface area contributed by atoms with Crippen LogP contribution in [0, 0.1) is 28.9 Å². The van der Waals surface area contributed by atoms with Gasteiger partial charge >= 0.3 is 11.9 Å². The molecule has 0 saturated heterocycles. The van der Waals surface area contributed by atoms with E-state index in [0.29, 0.717) is 72.4 Å². The molecule has 0 spiro atoms. The molecule has 2 N–H and O–H groups in total. The quantitative estimate of drug-likeness (QED) is 0.0655. The van der Waals surface area contributed by atoms with E-state index in [2.05, 4.69) is 38.3 Å². The molecule has 2 aliphatic rings. The van der Waals surface area contributed by atoms with Crippen molar-refractivity contribution in [3.05, 3.63) is 101 Å². The van der Waals surface area contributed by atoms with E-state index in [0.717, 1.165) is 5.92 Å². The molecule has 318 valence electrons. The molecule has 1 unspecified atom stereocenters. The lowest BCUT2D eigenvalue weighted by atomic mass is 9.75. The van der Waals surface area contributed by atoms with Crippen molar-refractivity contribution in [2.24, 2.45) is 17.3 Å². The van der Waals surface area contributed by atoms with Crippen LogP contribution in [0.4, 0.5) is 8.78 Å². The summed E-state index contributed by atoms with van der Waals surface area (Å²) < 4.78 is 49.6. The van der Waals surface area contributed by atoms with Crippen LogP contribution in [0.5, 0.6) is 5.75 Å². The maximum atomic E-state index is 16.3. The fraction of sp³-hybridized carbons (Fsp3) is 0.551. The zero-order valence-corrected chi connectivity index (χ0v) is 35.3. The molecule has 0 amide bonds. The Morgan fingerprint density at radius 2 is 1.40 bits per heavy atom. The number of unbranched alkanes of at least 4 members (excludes halogenated alkanes) is 2. The third-order valence-corrected chi connectivity index (χ3v) is 11.7. The Morgan fingerprint density at radius 1 is 0.828 bits per heavy atom. The zero-order valence-electron chi connectivity index (χ0n) is 35.3. The van der Waals surface area contributed by atoms with Crippen molar-refractivity contribution in [3.8, 4) is 16.9 Å². The molecule has 7 nitrogen and oxygen atoms in total. The maximum absolute atomic E-state index is 16.3. The van der Waals surface area contributed by atoms with E-state index in [4.69, 9.17) is 14.2 Å². The van der Waals surface area contributed by atoms with Crippen LogP contribution in [-0.4, -0.2) is 55.2 Å². The molecule has 2 aromatic carbocycles. The predicted octanol–water partition coefficient (Wildman–Crippen LogP) is 10.9. The Kier molecular flexibility index (Phi) is 18.4. The topological polar surface area (TPSA) is 102 Å². The van der Waals surface area contributed by atoms with Crippen molar-refractivity contribution in [3.63, 3.8) is 0 Å². The molecule has 1 fully saturated rings. The normalized spacial score (nSPS) is 18.1. The molecule has 2 aromatic rings. The second-order valence-corrected chi connectivity index (χ2v) is 16.9. The number of hydrogen-bond acceptors (Lipinski definition) is 7. The molecule has 2 aliphatic carbocycles. The van der Waals surface area contributed by atoms with Gasteiger partial charge in [-0.15, -0.1) is 0 Å². The highest BCUT2D eigenvalue weighted by atomic mass is 19.1. The van der Waals surface area contributed by atoms with E-state index in [-0.39, 0.29) is 55.7 Å². The van der Waals surface area contributed by atoms with Crippen molar-refractivity contribution >= 4 is 11.9 Å². The SMILES string of the molecule is C=C(C)C(=O)OCCCc1cc(-c2c(F)cc(C3C=CC(C4CCC(CCCCC)CC4)=CC3)cc2F)cc(CCCOC(=O)C(=C)C)c1OCCC(C)(CO)CO. The van der Waals surface area contributed by atoms with Gasteiger partial charge in [-0.2, -0.15) is 0 Å². The number of rotatable bonds is 23. The van der Waals surface area contributed by atoms with E-state index >= 15 is 8.78 Å². The molecule has 0 aliphatic heterocycles. The first-order valence-corrected chi connectivity index (χ1v) is 21.3. The van der Waals surface area contributed by atoms with Gasteiger partial charge in [-0.3, -0.25) is 0 Å². The fourth-order valence-corrected chi connectivity index (χ4v) is 7.90. The number of aliphatic hydroxyl groups is 2. The van der Waals surface area contributed by atoms with Gasteiger partial charge in [-0.1, -0.05) is 70.9 Å². The molecule has 9 heteroatoms. The summed E-state index contributed by atoms with van der Waals surface area (Å²) in [6.07, 6.45) is 19.2. The summed E-state index contributed by atoms with van der Waals surface area (Å²) in [7, 11) is 0. The standard InChI is InChI=1S/C49H66F2O7/c1-7-8-9-12-35-15-17-36(18-16-35)37-19-21-38(22-20-37)41-29-43(50)45(44(51)30-41)42-27-39(13-10-24-57-47(54)33(2)3)46(56-26-23-49(6,31-52)32-53)40(28-42)14-11-25-58-48(55)34(4)5/h19-21,27-30,35-36,38,52-53H,2,4,7-18,22-26,31-32H2,1,3,5-6H3. The number of carbonyl (C=O) groups excluding carboxylic acids is 2. The van der Waals surface area contributed by atoms with E-state index in [1.54, 1.807) is 32.9 Å². The largest absolute Gasteiger partial charge is 0.493 e. The highest BCUT2D eigenvalue weighted by Crippen LogP contribution is 2.41. The number of halogens is 2. The third-order valence-electron chi connectivity index (χ3n) is 11.7. The minimum Gasteiger partial charge on any atom is -0.493 e. The first-order chi connectivity index (χ1) is 27.8. The molecule has 0 radical (unpaired) electrons. The van der Waals surface area contributed by atoms with Gasteiger partial charge in [0.15, 0.2) is 0 Å². The average Bonchev–Trinajstić information content (AvgIpc) is 3.21. The zero-order chi connectivity index (χ0) is 42.2. The van der Waals surface area contributed by atoms with Crippen LogP contribution >= 0.6 is 0 Å². The summed E-state index contributed by atoms with van der Waals surface area (Å²) in [6.45, 7) is 14.3. The predicted molar refractivity (Wildman–Crippen MR) is 227 cm³/mol. The molecule has 1 saturated carbocycles. The Labute approximate surface area is 345 Å². The molecule has 0 aromatic heterocycles. The minimum absolute atomic E-state index is 0.0947. The van der Waals surface area contributed by atoms with Crippen LogP contribution < -0.4 is 4.74 Å². The lowest BCUT2D eigenvalue weighted by Gasteiger charge is -2.31. The van der Waals surface area contributed by atoms with Crippen LogP contribution in [0.25, 0.3) is 11.1 Å². The van der Waals surface area contributed by atoms with Gasteiger partial charge in [0.1, 0.15) is 17.4 Å².